The molecule has 3 aromatic rings. The minimum atomic E-state index is -0.270. The molecule has 2 aliphatic heterocycles. The molecule has 0 saturated carbocycles. The zero-order valence-electron chi connectivity index (χ0n) is 20.8. The van der Waals surface area contributed by atoms with Gasteiger partial charge < -0.3 is 24.6 Å². The fourth-order valence-electron chi connectivity index (χ4n) is 5.13. The van der Waals surface area contributed by atoms with Crippen molar-refractivity contribution in [3.63, 3.8) is 0 Å². The average molecular weight is 477 g/mol. The Morgan fingerprint density at radius 3 is 2.80 bits per heavy atom. The minimum absolute atomic E-state index is 0.0680. The zero-order valence-corrected chi connectivity index (χ0v) is 20.8. The molecule has 10 heteroatoms. The summed E-state index contributed by atoms with van der Waals surface area (Å²) in [6.45, 7) is 2.47. The van der Waals surface area contributed by atoms with Gasteiger partial charge in [-0.15, -0.1) is 0 Å². The normalized spacial score (nSPS) is 18.4. The molecule has 5 rings (SSSR count). The van der Waals surface area contributed by atoms with Gasteiger partial charge in [0, 0.05) is 70.7 Å². The van der Waals surface area contributed by atoms with Crippen LogP contribution in [0, 0.1) is 0 Å². The number of nitrogens with one attached hydrogen (secondary N) is 1. The Morgan fingerprint density at radius 2 is 2.00 bits per heavy atom. The van der Waals surface area contributed by atoms with E-state index in [0.717, 1.165) is 62.0 Å². The highest BCUT2D eigenvalue weighted by Crippen LogP contribution is 2.30. The predicted molar refractivity (Wildman–Crippen MR) is 136 cm³/mol. The van der Waals surface area contributed by atoms with E-state index in [1.807, 2.05) is 19.2 Å². The van der Waals surface area contributed by atoms with Crippen LogP contribution in [0.4, 0.5) is 17.5 Å². The minimum Gasteiger partial charge on any atom is -0.347 e. The van der Waals surface area contributed by atoms with Crippen LogP contribution in [0.1, 0.15) is 30.5 Å². The lowest BCUT2D eigenvalue weighted by Gasteiger charge is -2.37. The zero-order chi connectivity index (χ0) is 24.7. The summed E-state index contributed by atoms with van der Waals surface area (Å²) in [5.41, 5.74) is 3.22. The smallest absolute Gasteiger partial charge is 0.274 e. The number of aromatic nitrogens is 4. The summed E-state index contributed by atoms with van der Waals surface area (Å²) >= 11 is 0. The summed E-state index contributed by atoms with van der Waals surface area (Å²) in [4.78, 5) is 45.8. The largest absolute Gasteiger partial charge is 0.347 e. The predicted octanol–water partition coefficient (Wildman–Crippen LogP) is 1.90. The Hall–Kier alpha value is -3.53. The number of likely N-dealkylation sites (N-methyl/N-ethyl adjacent to an activating group) is 2. The molecule has 1 amide bonds. The van der Waals surface area contributed by atoms with Gasteiger partial charge in [-0.1, -0.05) is 0 Å². The molecule has 0 radical (unpaired) electrons. The van der Waals surface area contributed by atoms with Crippen molar-refractivity contribution in [2.24, 2.45) is 7.05 Å². The number of fused-ring (bicyclic) bond motifs is 2. The summed E-state index contributed by atoms with van der Waals surface area (Å²) in [7, 11) is 7.47. The van der Waals surface area contributed by atoms with Crippen LogP contribution in [0.3, 0.4) is 0 Å². The topological polar surface area (TPSA) is 99.5 Å². The molecule has 3 aromatic heterocycles. The SMILES string of the molecule is CN1CCc2c(cc(Nc3ncc4ccnc(N5CCCCC5C(=O)N(C)C)c4n3)c(=O)n2C)C1. The Labute approximate surface area is 204 Å². The van der Waals surface area contributed by atoms with Crippen LogP contribution in [-0.4, -0.2) is 75.5 Å². The maximum Gasteiger partial charge on any atom is 0.274 e. The van der Waals surface area contributed by atoms with E-state index in [-0.39, 0.29) is 17.5 Å². The van der Waals surface area contributed by atoms with Crippen LogP contribution >= 0.6 is 0 Å². The highest BCUT2D eigenvalue weighted by molar-refractivity contribution is 5.92. The molecule has 5 heterocycles. The molecule has 1 atom stereocenters. The molecule has 1 fully saturated rings. The monoisotopic (exact) mass is 476 g/mol. The highest BCUT2D eigenvalue weighted by Gasteiger charge is 2.32. The summed E-state index contributed by atoms with van der Waals surface area (Å²) in [6, 6.07) is 3.51. The first kappa shape index (κ1) is 23.2. The number of carbonyl (C=O) groups excluding carboxylic acids is 1. The van der Waals surface area contributed by atoms with Gasteiger partial charge >= 0.3 is 0 Å². The number of hydrogen-bond donors (Lipinski definition) is 1. The standard InChI is InChI=1S/C25H32N8O2/c1-30(2)24(35)20-7-5-6-11-33(20)22-21-16(8-10-26-22)14-27-25(29-21)28-18-13-17-15-31(3)12-9-19(17)32(4)23(18)34/h8,10,13-14,20H,5-7,9,11-12,15H2,1-4H3,(H,27,28,29). The Kier molecular flexibility index (Phi) is 6.14. The summed E-state index contributed by atoms with van der Waals surface area (Å²) in [5, 5.41) is 3.99. The molecule has 0 spiro atoms. The third-order valence-corrected chi connectivity index (χ3v) is 7.03. The number of rotatable bonds is 4. The Balaban J connectivity index is 1.53. The van der Waals surface area contributed by atoms with E-state index < -0.39 is 0 Å². The van der Waals surface area contributed by atoms with E-state index in [0.29, 0.717) is 23.0 Å². The van der Waals surface area contributed by atoms with Crippen molar-refractivity contribution in [1.82, 2.24) is 29.3 Å². The third kappa shape index (κ3) is 4.34. The van der Waals surface area contributed by atoms with Gasteiger partial charge in [0.15, 0.2) is 5.82 Å². The van der Waals surface area contributed by atoms with Crippen molar-refractivity contribution >= 4 is 34.3 Å². The van der Waals surface area contributed by atoms with Gasteiger partial charge in [0.1, 0.15) is 17.2 Å². The molecule has 0 aromatic carbocycles. The lowest BCUT2D eigenvalue weighted by atomic mass is 10.0. The molecule has 184 valence electrons. The number of piperidine rings is 1. The van der Waals surface area contributed by atoms with Crippen LogP contribution in [0.25, 0.3) is 10.9 Å². The fourth-order valence-corrected chi connectivity index (χ4v) is 5.13. The number of pyridine rings is 2. The fraction of sp³-hybridized carbons (Fsp3) is 0.480. The Bertz CT molecular complexity index is 1340. The average Bonchev–Trinajstić information content (AvgIpc) is 2.86. The first-order chi connectivity index (χ1) is 16.8. The third-order valence-electron chi connectivity index (χ3n) is 7.03. The van der Waals surface area contributed by atoms with Crippen molar-refractivity contribution in [1.29, 1.82) is 0 Å². The van der Waals surface area contributed by atoms with Crippen molar-refractivity contribution in [3.8, 4) is 0 Å². The van der Waals surface area contributed by atoms with E-state index in [1.54, 1.807) is 36.0 Å². The first-order valence-electron chi connectivity index (χ1n) is 12.1. The lowest BCUT2D eigenvalue weighted by molar-refractivity contribution is -0.130. The van der Waals surface area contributed by atoms with Gasteiger partial charge in [0.2, 0.25) is 11.9 Å². The van der Waals surface area contributed by atoms with E-state index in [9.17, 15) is 9.59 Å². The molecule has 0 aliphatic carbocycles. The molecule has 1 N–H and O–H groups in total. The molecule has 10 nitrogen and oxygen atoms in total. The van der Waals surface area contributed by atoms with Gasteiger partial charge in [-0.3, -0.25) is 9.59 Å². The van der Waals surface area contributed by atoms with Crippen LogP contribution in [0.2, 0.25) is 0 Å². The number of nitrogens with zero attached hydrogens (tertiary/aromatic N) is 7. The molecule has 1 unspecified atom stereocenters. The highest BCUT2D eigenvalue weighted by atomic mass is 16.2. The molecule has 2 aliphatic rings. The maximum absolute atomic E-state index is 13.1. The van der Waals surface area contributed by atoms with Crippen LogP contribution in [0.5, 0.6) is 0 Å². The van der Waals surface area contributed by atoms with E-state index in [2.05, 4.69) is 32.1 Å². The summed E-state index contributed by atoms with van der Waals surface area (Å²) in [5.74, 6) is 1.08. The number of amides is 1. The van der Waals surface area contributed by atoms with Gasteiger partial charge in [-0.2, -0.15) is 0 Å². The van der Waals surface area contributed by atoms with Gasteiger partial charge in [-0.25, -0.2) is 15.0 Å². The second-order valence-electron chi connectivity index (χ2n) is 9.71. The van der Waals surface area contributed by atoms with Crippen molar-refractivity contribution in [2.75, 3.05) is 44.4 Å². The summed E-state index contributed by atoms with van der Waals surface area (Å²) in [6.07, 6.45) is 7.09. The van der Waals surface area contributed by atoms with Crippen LogP contribution in [0.15, 0.2) is 29.3 Å². The number of hydrogen-bond acceptors (Lipinski definition) is 8. The second kappa shape index (κ2) is 9.26. The first-order valence-corrected chi connectivity index (χ1v) is 12.1. The van der Waals surface area contributed by atoms with Crippen molar-refractivity contribution in [2.45, 2.75) is 38.3 Å². The van der Waals surface area contributed by atoms with Gasteiger partial charge in [0.25, 0.3) is 5.56 Å². The van der Waals surface area contributed by atoms with Crippen molar-refractivity contribution in [3.05, 3.63) is 46.1 Å². The van der Waals surface area contributed by atoms with Gasteiger partial charge in [-0.05, 0) is 44.0 Å². The van der Waals surface area contributed by atoms with E-state index in [1.165, 1.54) is 0 Å². The molecule has 35 heavy (non-hydrogen) atoms. The van der Waals surface area contributed by atoms with Crippen molar-refractivity contribution < 1.29 is 4.79 Å². The number of carbonyl (C=O) groups is 1. The maximum atomic E-state index is 13.1. The van der Waals surface area contributed by atoms with Gasteiger partial charge in [0.05, 0.1) is 0 Å². The quantitative estimate of drug-likeness (QED) is 0.610. The van der Waals surface area contributed by atoms with Crippen LogP contribution in [-0.2, 0) is 24.8 Å². The molecular formula is C25H32N8O2. The van der Waals surface area contributed by atoms with E-state index in [4.69, 9.17) is 4.98 Å². The van der Waals surface area contributed by atoms with Crippen LogP contribution < -0.4 is 15.8 Å². The molecule has 1 saturated heterocycles. The molecule has 0 bridgehead atoms. The molecular weight excluding hydrogens is 444 g/mol. The number of anilines is 3. The Morgan fingerprint density at radius 1 is 1.17 bits per heavy atom. The lowest BCUT2D eigenvalue weighted by Crippen LogP contribution is -2.49. The summed E-state index contributed by atoms with van der Waals surface area (Å²) < 4.78 is 1.73. The second-order valence-corrected chi connectivity index (χ2v) is 9.71. The van der Waals surface area contributed by atoms with E-state index >= 15 is 0 Å².